The fourth-order valence-corrected chi connectivity index (χ4v) is 3.48. The maximum atomic E-state index is 8.91. The molecule has 2 rings (SSSR count). The van der Waals surface area contributed by atoms with Gasteiger partial charge in [-0.3, -0.25) is 0 Å². The van der Waals surface area contributed by atoms with Gasteiger partial charge in [0.05, 0.1) is 5.56 Å². The lowest BCUT2D eigenvalue weighted by Gasteiger charge is -2.27. The molecule has 0 aliphatic heterocycles. The molecule has 0 fully saturated rings. The molecule has 0 spiro atoms. The van der Waals surface area contributed by atoms with Crippen LogP contribution in [-0.2, 0) is 6.54 Å². The van der Waals surface area contributed by atoms with Gasteiger partial charge in [0.15, 0.2) is 0 Å². The van der Waals surface area contributed by atoms with E-state index < -0.39 is 0 Å². The second-order valence-corrected chi connectivity index (χ2v) is 6.26. The largest absolute Gasteiger partial charge is 0.305 e. The van der Waals surface area contributed by atoms with Crippen LogP contribution in [0.5, 0.6) is 0 Å². The predicted octanol–water partition coefficient (Wildman–Crippen LogP) is 4.89. The van der Waals surface area contributed by atoms with E-state index >= 15 is 0 Å². The van der Waals surface area contributed by atoms with Crippen LogP contribution >= 0.6 is 11.3 Å². The minimum absolute atomic E-state index is 0.369. The van der Waals surface area contributed by atoms with E-state index in [0.29, 0.717) is 12.0 Å². The van der Waals surface area contributed by atoms with Gasteiger partial charge in [-0.15, -0.1) is 11.3 Å². The first-order valence-electron chi connectivity index (χ1n) is 7.54. The van der Waals surface area contributed by atoms with E-state index in [1.807, 2.05) is 11.4 Å². The summed E-state index contributed by atoms with van der Waals surface area (Å²) in [5, 5.41) is 14.5. The summed E-state index contributed by atoms with van der Waals surface area (Å²) in [6, 6.07) is 15.2. The summed E-state index contributed by atoms with van der Waals surface area (Å²) in [5.41, 5.74) is 2.11. The molecule has 0 amide bonds. The summed E-state index contributed by atoms with van der Waals surface area (Å²) in [7, 11) is 0. The van der Waals surface area contributed by atoms with E-state index in [-0.39, 0.29) is 0 Å². The van der Waals surface area contributed by atoms with Crippen LogP contribution < -0.4 is 5.32 Å². The number of rotatable bonds is 7. The fraction of sp³-hybridized carbons (Fsp3) is 0.389. The molecule has 2 aromatic rings. The Bertz CT molecular complexity index is 579. The molecule has 0 saturated heterocycles. The van der Waals surface area contributed by atoms with Gasteiger partial charge in [-0.1, -0.05) is 57.0 Å². The number of nitriles is 1. The van der Waals surface area contributed by atoms with Crippen molar-refractivity contribution >= 4 is 11.3 Å². The van der Waals surface area contributed by atoms with E-state index in [1.54, 1.807) is 11.3 Å². The monoisotopic (exact) mass is 298 g/mol. The van der Waals surface area contributed by atoms with E-state index in [1.165, 1.54) is 10.4 Å². The number of hydrogen-bond donors (Lipinski definition) is 1. The van der Waals surface area contributed by atoms with E-state index in [0.717, 1.165) is 24.9 Å². The average molecular weight is 298 g/mol. The molecule has 0 bridgehead atoms. The predicted molar refractivity (Wildman–Crippen MR) is 89.1 cm³/mol. The standard InChI is InChI=1S/C18H22N2S/c1-3-15(4-2)18(16-8-6-5-7-9-16)20-12-17-10-14(11-19)13-21-17/h5-10,13,15,18,20H,3-4,12H2,1-2H3. The van der Waals surface area contributed by atoms with Crippen molar-refractivity contribution < 1.29 is 0 Å². The van der Waals surface area contributed by atoms with Crippen molar-refractivity contribution in [1.82, 2.24) is 5.32 Å². The van der Waals surface area contributed by atoms with Gasteiger partial charge in [0.2, 0.25) is 0 Å². The molecule has 0 saturated carbocycles. The molecule has 21 heavy (non-hydrogen) atoms. The van der Waals surface area contributed by atoms with Crippen molar-refractivity contribution in [2.45, 2.75) is 39.3 Å². The van der Waals surface area contributed by atoms with Gasteiger partial charge >= 0.3 is 0 Å². The van der Waals surface area contributed by atoms with Crippen LogP contribution in [0.1, 0.15) is 48.7 Å². The molecule has 110 valence electrons. The molecular formula is C18H22N2S. The van der Waals surface area contributed by atoms with E-state index in [9.17, 15) is 0 Å². The van der Waals surface area contributed by atoms with Crippen molar-refractivity contribution in [3.05, 3.63) is 57.8 Å². The third kappa shape index (κ3) is 4.17. The first-order valence-corrected chi connectivity index (χ1v) is 8.42. The molecule has 0 aliphatic carbocycles. The molecule has 1 aromatic heterocycles. The Morgan fingerprint density at radius 1 is 1.19 bits per heavy atom. The molecule has 1 N–H and O–H groups in total. The van der Waals surface area contributed by atoms with Crippen LogP contribution in [0.3, 0.4) is 0 Å². The average Bonchev–Trinajstić information content (AvgIpc) is 3.00. The first kappa shape index (κ1) is 15.8. The van der Waals surface area contributed by atoms with Gasteiger partial charge in [-0.2, -0.15) is 5.26 Å². The summed E-state index contributed by atoms with van der Waals surface area (Å²) in [6.45, 7) is 5.33. The number of nitrogens with one attached hydrogen (secondary N) is 1. The van der Waals surface area contributed by atoms with Gasteiger partial charge in [-0.05, 0) is 17.5 Å². The van der Waals surface area contributed by atoms with Crippen molar-refractivity contribution in [3.8, 4) is 6.07 Å². The minimum Gasteiger partial charge on any atom is -0.305 e. The number of thiophene rings is 1. The molecule has 0 radical (unpaired) electrons. The molecule has 1 heterocycles. The zero-order valence-electron chi connectivity index (χ0n) is 12.7. The Morgan fingerprint density at radius 2 is 1.90 bits per heavy atom. The van der Waals surface area contributed by atoms with E-state index in [2.05, 4.69) is 55.6 Å². The van der Waals surface area contributed by atoms with Crippen LogP contribution in [0.25, 0.3) is 0 Å². The number of nitrogens with zero attached hydrogens (tertiary/aromatic N) is 1. The third-order valence-corrected chi connectivity index (χ3v) is 4.89. The Labute approximate surface area is 131 Å². The molecule has 0 aliphatic rings. The Morgan fingerprint density at radius 3 is 2.48 bits per heavy atom. The third-order valence-electron chi connectivity index (χ3n) is 3.96. The van der Waals surface area contributed by atoms with E-state index in [4.69, 9.17) is 5.26 Å². The number of benzene rings is 1. The van der Waals surface area contributed by atoms with Gasteiger partial charge in [0.1, 0.15) is 6.07 Å². The summed E-state index contributed by atoms with van der Waals surface area (Å²) in [6.07, 6.45) is 2.33. The van der Waals surface area contributed by atoms with Crippen LogP contribution in [0.15, 0.2) is 41.8 Å². The quantitative estimate of drug-likeness (QED) is 0.790. The van der Waals surface area contributed by atoms with Crippen molar-refractivity contribution in [2.75, 3.05) is 0 Å². The summed E-state index contributed by atoms with van der Waals surface area (Å²) in [5.74, 6) is 0.628. The molecule has 1 atom stereocenters. The lowest BCUT2D eigenvalue weighted by Crippen LogP contribution is -2.27. The van der Waals surface area contributed by atoms with Crippen LogP contribution in [0.2, 0.25) is 0 Å². The molecular weight excluding hydrogens is 276 g/mol. The topological polar surface area (TPSA) is 35.8 Å². The zero-order chi connectivity index (χ0) is 15.1. The van der Waals surface area contributed by atoms with Gasteiger partial charge < -0.3 is 5.32 Å². The maximum Gasteiger partial charge on any atom is 0.100 e. The van der Waals surface area contributed by atoms with Crippen LogP contribution in [0, 0.1) is 17.2 Å². The highest BCUT2D eigenvalue weighted by Crippen LogP contribution is 2.28. The first-order chi connectivity index (χ1) is 10.3. The normalized spacial score (nSPS) is 12.3. The van der Waals surface area contributed by atoms with Gasteiger partial charge in [0.25, 0.3) is 0 Å². The van der Waals surface area contributed by atoms with Gasteiger partial charge in [-0.25, -0.2) is 0 Å². The Hall–Kier alpha value is -1.63. The zero-order valence-corrected chi connectivity index (χ0v) is 13.5. The molecule has 3 heteroatoms. The smallest absolute Gasteiger partial charge is 0.100 e. The van der Waals surface area contributed by atoms with Crippen molar-refractivity contribution in [1.29, 1.82) is 5.26 Å². The highest BCUT2D eigenvalue weighted by atomic mass is 32.1. The Balaban J connectivity index is 2.11. The molecule has 1 unspecified atom stereocenters. The van der Waals surface area contributed by atoms with Crippen molar-refractivity contribution in [3.63, 3.8) is 0 Å². The highest BCUT2D eigenvalue weighted by molar-refractivity contribution is 7.10. The second kappa shape index (κ2) is 7.97. The molecule has 2 nitrogen and oxygen atoms in total. The fourth-order valence-electron chi connectivity index (χ4n) is 2.72. The van der Waals surface area contributed by atoms with Gasteiger partial charge in [0, 0.05) is 22.8 Å². The minimum atomic E-state index is 0.369. The summed E-state index contributed by atoms with van der Waals surface area (Å²) >= 11 is 1.65. The lowest BCUT2D eigenvalue weighted by molar-refractivity contribution is 0.340. The Kier molecular flexibility index (Phi) is 5.98. The second-order valence-electron chi connectivity index (χ2n) is 5.26. The highest BCUT2D eigenvalue weighted by Gasteiger charge is 2.19. The van der Waals surface area contributed by atoms with Crippen LogP contribution in [-0.4, -0.2) is 0 Å². The summed E-state index contributed by atoms with van der Waals surface area (Å²) in [4.78, 5) is 1.22. The number of hydrogen-bond acceptors (Lipinski definition) is 3. The van der Waals surface area contributed by atoms with Crippen molar-refractivity contribution in [2.24, 2.45) is 5.92 Å². The summed E-state index contributed by atoms with van der Waals surface area (Å²) < 4.78 is 0. The maximum absolute atomic E-state index is 8.91. The lowest BCUT2D eigenvalue weighted by atomic mass is 9.89. The SMILES string of the molecule is CCC(CC)C(NCc1cc(C#N)cs1)c1ccccc1. The molecule has 1 aromatic carbocycles. The van der Waals surface area contributed by atoms with Crippen LogP contribution in [0.4, 0.5) is 0 Å².